The number of unbranched alkanes of at least 4 members (excludes halogenated alkanes) is 1. The second kappa shape index (κ2) is 16.7. The Bertz CT molecular complexity index is 761. The molecule has 0 spiro atoms. The Balaban J connectivity index is 2.80. The van der Waals surface area contributed by atoms with Gasteiger partial charge in [0, 0.05) is 31.7 Å². The molecule has 0 saturated heterocycles. The standard InChI is InChI=1S/C28H51N3O5/c1-7-8-13-28(4,31-27(30)33)14-12-24(32)23(29)19-22(20(2)3)17-21-10-11-25(35-6)26(18-21)36-16-9-15-34-5/h10-11,18,20,22-24,32H,7-9,12-17,19,29H2,1-6H3,(H3,30,31,33)/t22-,23-,24-,28?/m0/s1. The van der Waals surface area contributed by atoms with Crippen molar-refractivity contribution in [3.05, 3.63) is 23.8 Å². The zero-order valence-corrected chi connectivity index (χ0v) is 23.3. The van der Waals surface area contributed by atoms with E-state index >= 15 is 0 Å². The Labute approximate surface area is 218 Å². The third-order valence-electron chi connectivity index (χ3n) is 6.99. The molecule has 4 atom stereocenters. The Morgan fingerprint density at radius 3 is 2.44 bits per heavy atom. The first-order chi connectivity index (χ1) is 17.0. The van der Waals surface area contributed by atoms with Crippen LogP contribution in [-0.4, -0.2) is 56.3 Å². The van der Waals surface area contributed by atoms with Crippen LogP contribution in [0.5, 0.6) is 11.5 Å². The quantitative estimate of drug-likeness (QED) is 0.205. The van der Waals surface area contributed by atoms with Gasteiger partial charge in [0.25, 0.3) is 0 Å². The topological polar surface area (TPSA) is 129 Å². The van der Waals surface area contributed by atoms with Gasteiger partial charge in [-0.3, -0.25) is 0 Å². The van der Waals surface area contributed by atoms with Crippen LogP contribution < -0.4 is 26.3 Å². The second-order valence-electron chi connectivity index (χ2n) is 10.5. The monoisotopic (exact) mass is 509 g/mol. The van der Waals surface area contributed by atoms with Crippen LogP contribution in [0.4, 0.5) is 4.79 Å². The number of benzene rings is 1. The van der Waals surface area contributed by atoms with Gasteiger partial charge in [-0.1, -0.05) is 39.7 Å². The highest BCUT2D eigenvalue weighted by atomic mass is 16.5. The molecule has 8 nitrogen and oxygen atoms in total. The first kappa shape index (κ1) is 32.0. The molecule has 0 radical (unpaired) electrons. The van der Waals surface area contributed by atoms with Crippen LogP contribution in [0.1, 0.15) is 78.2 Å². The fraction of sp³-hybridized carbons (Fsp3) is 0.750. The fourth-order valence-electron chi connectivity index (χ4n) is 4.54. The predicted octanol–water partition coefficient (Wildman–Crippen LogP) is 4.40. The normalized spacial score (nSPS) is 15.7. The Kier molecular flexibility index (Phi) is 14.8. The number of amides is 2. The first-order valence-corrected chi connectivity index (χ1v) is 13.3. The second-order valence-corrected chi connectivity index (χ2v) is 10.5. The summed E-state index contributed by atoms with van der Waals surface area (Å²) in [4.78, 5) is 11.5. The van der Waals surface area contributed by atoms with E-state index in [0.717, 1.165) is 43.4 Å². The van der Waals surface area contributed by atoms with Crippen molar-refractivity contribution in [2.75, 3.05) is 27.4 Å². The van der Waals surface area contributed by atoms with E-state index in [0.29, 0.717) is 50.1 Å². The molecule has 0 aromatic heterocycles. The summed E-state index contributed by atoms with van der Waals surface area (Å²) in [5.74, 6) is 2.12. The smallest absolute Gasteiger partial charge is 0.312 e. The maximum atomic E-state index is 11.5. The van der Waals surface area contributed by atoms with Crippen molar-refractivity contribution in [2.45, 2.75) is 96.7 Å². The van der Waals surface area contributed by atoms with Crippen molar-refractivity contribution in [3.8, 4) is 11.5 Å². The number of ether oxygens (including phenoxy) is 3. The summed E-state index contributed by atoms with van der Waals surface area (Å²) in [6.07, 6.45) is 5.63. The molecule has 8 heteroatoms. The van der Waals surface area contributed by atoms with Gasteiger partial charge in [-0.2, -0.15) is 0 Å². The molecule has 0 fully saturated rings. The maximum absolute atomic E-state index is 11.5. The van der Waals surface area contributed by atoms with Crippen molar-refractivity contribution in [2.24, 2.45) is 23.3 Å². The number of carbonyl (C=O) groups is 1. The van der Waals surface area contributed by atoms with E-state index in [1.54, 1.807) is 14.2 Å². The van der Waals surface area contributed by atoms with E-state index in [1.807, 2.05) is 19.1 Å². The zero-order valence-electron chi connectivity index (χ0n) is 23.3. The van der Waals surface area contributed by atoms with E-state index < -0.39 is 17.7 Å². The fourth-order valence-corrected chi connectivity index (χ4v) is 4.54. The predicted molar refractivity (Wildman–Crippen MR) is 145 cm³/mol. The lowest BCUT2D eigenvalue weighted by Gasteiger charge is -2.33. The SMILES string of the molecule is CCCCC(C)(CC[C@H](O)[C@@H](N)C[C@H](Cc1ccc(OC)c(OCCCOC)c1)C(C)C)NC(N)=O. The van der Waals surface area contributed by atoms with Crippen molar-refractivity contribution in [1.29, 1.82) is 0 Å². The van der Waals surface area contributed by atoms with Crippen LogP contribution in [0.2, 0.25) is 0 Å². The van der Waals surface area contributed by atoms with E-state index in [-0.39, 0.29) is 6.04 Å². The molecule has 0 aliphatic rings. The summed E-state index contributed by atoms with van der Waals surface area (Å²) in [6, 6.07) is 5.15. The Morgan fingerprint density at radius 2 is 1.86 bits per heavy atom. The van der Waals surface area contributed by atoms with Crippen molar-refractivity contribution < 1.29 is 24.1 Å². The Hall–Kier alpha value is -2.03. The minimum absolute atomic E-state index is 0.291. The summed E-state index contributed by atoms with van der Waals surface area (Å²) in [5.41, 5.74) is 12.6. The number of rotatable bonds is 19. The molecule has 0 saturated carbocycles. The number of aliphatic hydroxyl groups excluding tert-OH is 1. The van der Waals surface area contributed by atoms with E-state index in [1.165, 1.54) is 0 Å². The van der Waals surface area contributed by atoms with Gasteiger partial charge in [0.2, 0.25) is 0 Å². The summed E-state index contributed by atoms with van der Waals surface area (Å²) in [6.45, 7) is 9.68. The highest BCUT2D eigenvalue weighted by molar-refractivity contribution is 5.72. The molecule has 6 N–H and O–H groups in total. The number of primary amides is 1. The molecular formula is C28H51N3O5. The molecule has 1 aromatic carbocycles. The van der Waals surface area contributed by atoms with Gasteiger partial charge >= 0.3 is 6.03 Å². The summed E-state index contributed by atoms with van der Waals surface area (Å²) in [7, 11) is 3.32. The zero-order chi connectivity index (χ0) is 27.1. The van der Waals surface area contributed by atoms with Crippen molar-refractivity contribution in [1.82, 2.24) is 5.32 Å². The van der Waals surface area contributed by atoms with Gasteiger partial charge in [-0.15, -0.1) is 0 Å². The number of aliphatic hydroxyl groups is 1. The van der Waals surface area contributed by atoms with Gasteiger partial charge in [0.05, 0.1) is 19.8 Å². The number of urea groups is 1. The molecule has 208 valence electrons. The highest BCUT2D eigenvalue weighted by Crippen LogP contribution is 2.31. The molecule has 36 heavy (non-hydrogen) atoms. The van der Waals surface area contributed by atoms with Crippen LogP contribution in [0.3, 0.4) is 0 Å². The third kappa shape index (κ3) is 11.8. The van der Waals surface area contributed by atoms with E-state index in [2.05, 4.69) is 32.2 Å². The lowest BCUT2D eigenvalue weighted by Crippen LogP contribution is -2.49. The summed E-state index contributed by atoms with van der Waals surface area (Å²) >= 11 is 0. The van der Waals surface area contributed by atoms with Gasteiger partial charge in [-0.25, -0.2) is 4.79 Å². The lowest BCUT2D eigenvalue weighted by atomic mass is 9.81. The highest BCUT2D eigenvalue weighted by Gasteiger charge is 2.28. The van der Waals surface area contributed by atoms with Gasteiger partial charge in [0.15, 0.2) is 11.5 Å². The van der Waals surface area contributed by atoms with Crippen LogP contribution in [0, 0.1) is 11.8 Å². The van der Waals surface area contributed by atoms with E-state index in [9.17, 15) is 9.90 Å². The van der Waals surface area contributed by atoms with Crippen LogP contribution in [0.15, 0.2) is 18.2 Å². The molecule has 1 rings (SSSR count). The Morgan fingerprint density at radius 1 is 1.14 bits per heavy atom. The number of hydrogen-bond acceptors (Lipinski definition) is 6. The summed E-state index contributed by atoms with van der Waals surface area (Å²) in [5, 5.41) is 13.7. The molecule has 0 aliphatic heterocycles. The molecule has 1 unspecified atom stereocenters. The maximum Gasteiger partial charge on any atom is 0.312 e. The number of nitrogens with two attached hydrogens (primary N) is 2. The van der Waals surface area contributed by atoms with Crippen molar-refractivity contribution >= 4 is 6.03 Å². The van der Waals surface area contributed by atoms with Crippen LogP contribution in [0.25, 0.3) is 0 Å². The van der Waals surface area contributed by atoms with E-state index in [4.69, 9.17) is 25.7 Å². The molecular weight excluding hydrogens is 458 g/mol. The average Bonchev–Trinajstić information content (AvgIpc) is 2.83. The van der Waals surface area contributed by atoms with Crippen LogP contribution >= 0.6 is 0 Å². The number of methoxy groups -OCH3 is 2. The van der Waals surface area contributed by atoms with Gasteiger partial charge in [0.1, 0.15) is 0 Å². The largest absolute Gasteiger partial charge is 0.493 e. The van der Waals surface area contributed by atoms with Crippen LogP contribution in [-0.2, 0) is 11.2 Å². The molecule has 0 aliphatic carbocycles. The minimum Gasteiger partial charge on any atom is -0.493 e. The number of nitrogens with one attached hydrogen (secondary N) is 1. The molecule has 0 bridgehead atoms. The number of carbonyl (C=O) groups excluding carboxylic acids is 1. The molecule has 1 aromatic rings. The lowest BCUT2D eigenvalue weighted by molar-refractivity contribution is 0.104. The number of hydrogen-bond donors (Lipinski definition) is 4. The molecule has 2 amide bonds. The van der Waals surface area contributed by atoms with Gasteiger partial charge in [-0.05, 0) is 68.6 Å². The van der Waals surface area contributed by atoms with Crippen molar-refractivity contribution in [3.63, 3.8) is 0 Å². The first-order valence-electron chi connectivity index (χ1n) is 13.3. The molecule has 0 heterocycles. The summed E-state index contributed by atoms with van der Waals surface area (Å²) < 4.78 is 16.5. The third-order valence-corrected chi connectivity index (χ3v) is 6.99. The van der Waals surface area contributed by atoms with Gasteiger partial charge < -0.3 is 36.1 Å². The minimum atomic E-state index is -0.655. The average molecular weight is 510 g/mol.